The number of aromatic nitrogens is 1. The molecule has 0 spiro atoms. The molecule has 4 rings (SSSR count). The van der Waals surface area contributed by atoms with Crippen molar-refractivity contribution in [2.45, 2.75) is 13.0 Å². The number of pyridine rings is 1. The number of benzene rings is 2. The molecule has 3 aromatic rings. The molecule has 30 heavy (non-hydrogen) atoms. The van der Waals surface area contributed by atoms with Crippen molar-refractivity contribution in [3.8, 4) is 0 Å². The van der Waals surface area contributed by atoms with Gasteiger partial charge in [0.05, 0.1) is 17.3 Å². The zero-order valence-corrected chi connectivity index (χ0v) is 15.8. The molecule has 1 aliphatic heterocycles. The average molecular weight is 406 g/mol. The first-order valence-corrected chi connectivity index (χ1v) is 9.11. The highest BCUT2D eigenvalue weighted by atomic mass is 19.1. The predicted octanol–water partition coefficient (Wildman–Crippen LogP) is 4.29. The second-order valence-electron chi connectivity index (χ2n) is 6.91. The van der Waals surface area contributed by atoms with Crippen LogP contribution >= 0.6 is 0 Å². The van der Waals surface area contributed by atoms with Gasteiger partial charge < -0.3 is 5.11 Å². The molecule has 0 bridgehead atoms. The van der Waals surface area contributed by atoms with E-state index < -0.39 is 35.1 Å². The zero-order chi connectivity index (χ0) is 21.4. The number of hydrogen-bond donors (Lipinski definition) is 1. The van der Waals surface area contributed by atoms with E-state index in [1.54, 1.807) is 18.2 Å². The van der Waals surface area contributed by atoms with Crippen molar-refractivity contribution in [1.82, 2.24) is 4.98 Å². The molecule has 0 radical (unpaired) electrons. The third-order valence-electron chi connectivity index (χ3n) is 4.93. The van der Waals surface area contributed by atoms with E-state index in [0.717, 1.165) is 22.6 Å². The average Bonchev–Trinajstić information content (AvgIpc) is 2.99. The highest BCUT2D eigenvalue weighted by Crippen LogP contribution is 2.43. The number of rotatable bonds is 3. The van der Waals surface area contributed by atoms with Crippen LogP contribution in [-0.2, 0) is 9.59 Å². The SMILES string of the molecule is Cc1cccc(C2/C(=C(\O)c3ccncc3)C(=O)C(=O)N2c2ccc(F)cc2F)c1. The Morgan fingerprint density at radius 2 is 1.77 bits per heavy atom. The van der Waals surface area contributed by atoms with Gasteiger partial charge in [0.2, 0.25) is 0 Å². The van der Waals surface area contributed by atoms with Crippen LogP contribution in [0.5, 0.6) is 0 Å². The summed E-state index contributed by atoms with van der Waals surface area (Å²) >= 11 is 0. The molecule has 1 fully saturated rings. The van der Waals surface area contributed by atoms with Crippen LogP contribution in [0.1, 0.15) is 22.7 Å². The lowest BCUT2D eigenvalue weighted by Crippen LogP contribution is -2.30. The van der Waals surface area contributed by atoms with Gasteiger partial charge in [-0.05, 0) is 36.8 Å². The second kappa shape index (κ2) is 7.51. The molecule has 1 saturated heterocycles. The Hall–Kier alpha value is -3.87. The number of aliphatic hydroxyl groups is 1. The van der Waals surface area contributed by atoms with Gasteiger partial charge in [0.15, 0.2) is 0 Å². The van der Waals surface area contributed by atoms with Gasteiger partial charge in [0.1, 0.15) is 17.4 Å². The third kappa shape index (κ3) is 3.24. The van der Waals surface area contributed by atoms with Crippen LogP contribution in [0.15, 0.2) is 72.6 Å². The first-order valence-electron chi connectivity index (χ1n) is 9.11. The summed E-state index contributed by atoms with van der Waals surface area (Å²) in [5.74, 6) is -4.16. The molecular weight excluding hydrogens is 390 g/mol. The van der Waals surface area contributed by atoms with E-state index in [1.165, 1.54) is 24.5 Å². The zero-order valence-electron chi connectivity index (χ0n) is 15.8. The summed E-state index contributed by atoms with van der Waals surface area (Å²) in [6.07, 6.45) is 2.87. The molecule has 1 amide bonds. The number of carbonyl (C=O) groups is 2. The summed E-state index contributed by atoms with van der Waals surface area (Å²) in [5, 5.41) is 10.9. The number of aryl methyl sites for hydroxylation is 1. The quantitative estimate of drug-likeness (QED) is 0.400. The van der Waals surface area contributed by atoms with E-state index in [0.29, 0.717) is 17.2 Å². The number of aliphatic hydroxyl groups excluding tert-OH is 1. The van der Waals surface area contributed by atoms with Gasteiger partial charge in [-0.15, -0.1) is 0 Å². The minimum Gasteiger partial charge on any atom is -0.507 e. The number of nitrogens with zero attached hydrogens (tertiary/aromatic N) is 2. The number of ketones is 1. The normalized spacial score (nSPS) is 18.1. The largest absolute Gasteiger partial charge is 0.507 e. The van der Waals surface area contributed by atoms with Crippen molar-refractivity contribution in [2.75, 3.05) is 4.90 Å². The second-order valence-corrected chi connectivity index (χ2v) is 6.91. The van der Waals surface area contributed by atoms with E-state index in [9.17, 15) is 23.5 Å². The maximum Gasteiger partial charge on any atom is 0.300 e. The smallest absolute Gasteiger partial charge is 0.300 e. The molecule has 0 saturated carbocycles. The van der Waals surface area contributed by atoms with Crippen LogP contribution in [0.4, 0.5) is 14.5 Å². The summed E-state index contributed by atoms with van der Waals surface area (Å²) < 4.78 is 28.0. The number of halogens is 2. The molecule has 150 valence electrons. The Bertz CT molecular complexity index is 1190. The lowest BCUT2D eigenvalue weighted by Gasteiger charge is -2.26. The summed E-state index contributed by atoms with van der Waals surface area (Å²) in [7, 11) is 0. The Kier molecular flexibility index (Phi) is 4.87. The van der Waals surface area contributed by atoms with Crippen molar-refractivity contribution < 1.29 is 23.5 Å². The van der Waals surface area contributed by atoms with Gasteiger partial charge in [-0.3, -0.25) is 19.5 Å². The van der Waals surface area contributed by atoms with E-state index in [2.05, 4.69) is 4.98 Å². The van der Waals surface area contributed by atoms with Crippen molar-refractivity contribution in [3.05, 3.63) is 101 Å². The van der Waals surface area contributed by atoms with E-state index in [1.807, 2.05) is 13.0 Å². The fraction of sp³-hybridized carbons (Fsp3) is 0.0870. The molecule has 2 heterocycles. The summed E-state index contributed by atoms with van der Waals surface area (Å²) in [5.41, 5.74) is 1.22. The molecule has 7 heteroatoms. The van der Waals surface area contributed by atoms with Crippen LogP contribution < -0.4 is 4.90 Å². The Labute approximate surface area is 170 Å². The fourth-order valence-electron chi connectivity index (χ4n) is 3.58. The topological polar surface area (TPSA) is 70.5 Å². The maximum absolute atomic E-state index is 14.6. The van der Waals surface area contributed by atoms with Gasteiger partial charge in [0.25, 0.3) is 11.7 Å². The number of amides is 1. The van der Waals surface area contributed by atoms with Gasteiger partial charge in [-0.1, -0.05) is 29.8 Å². The molecule has 5 nitrogen and oxygen atoms in total. The molecule has 1 aliphatic rings. The first kappa shape index (κ1) is 19.4. The predicted molar refractivity (Wildman–Crippen MR) is 107 cm³/mol. The van der Waals surface area contributed by atoms with Crippen LogP contribution in [0.25, 0.3) is 5.76 Å². The lowest BCUT2D eigenvalue weighted by molar-refractivity contribution is -0.132. The van der Waals surface area contributed by atoms with Crippen molar-refractivity contribution >= 4 is 23.1 Å². The highest BCUT2D eigenvalue weighted by molar-refractivity contribution is 6.51. The van der Waals surface area contributed by atoms with Gasteiger partial charge in [-0.2, -0.15) is 0 Å². The third-order valence-corrected chi connectivity index (χ3v) is 4.93. The monoisotopic (exact) mass is 406 g/mol. The standard InChI is InChI=1S/C23H16F2N2O3/c1-13-3-2-4-15(11-13)20-19(21(28)14-7-9-26-10-8-14)22(29)23(30)27(20)18-6-5-16(24)12-17(18)25/h2-12,20,28H,1H3/b21-19+. The molecular formula is C23H16F2N2O3. The van der Waals surface area contributed by atoms with Crippen molar-refractivity contribution in [3.63, 3.8) is 0 Å². The Balaban J connectivity index is 1.98. The van der Waals surface area contributed by atoms with Gasteiger partial charge >= 0.3 is 0 Å². The van der Waals surface area contributed by atoms with E-state index in [4.69, 9.17) is 0 Å². The number of Topliss-reactive ketones (excluding diaryl/α,β-unsaturated/α-hetero) is 1. The Morgan fingerprint density at radius 3 is 2.43 bits per heavy atom. The molecule has 0 aliphatic carbocycles. The van der Waals surface area contributed by atoms with Crippen LogP contribution in [0.2, 0.25) is 0 Å². The summed E-state index contributed by atoms with van der Waals surface area (Å²) in [6.45, 7) is 1.83. The first-order chi connectivity index (χ1) is 14.4. The molecule has 1 aromatic heterocycles. The van der Waals surface area contributed by atoms with E-state index in [-0.39, 0.29) is 11.3 Å². The number of carbonyl (C=O) groups excluding carboxylic acids is 2. The van der Waals surface area contributed by atoms with Crippen LogP contribution in [0, 0.1) is 18.6 Å². The lowest BCUT2D eigenvalue weighted by atomic mass is 9.94. The fourth-order valence-corrected chi connectivity index (χ4v) is 3.58. The Morgan fingerprint density at radius 1 is 1.03 bits per heavy atom. The maximum atomic E-state index is 14.6. The number of anilines is 1. The summed E-state index contributed by atoms with van der Waals surface area (Å²) in [6, 6.07) is 11.6. The molecule has 1 atom stereocenters. The molecule has 2 aromatic carbocycles. The highest BCUT2D eigenvalue weighted by Gasteiger charge is 2.47. The van der Waals surface area contributed by atoms with Gasteiger partial charge in [0, 0.05) is 24.0 Å². The van der Waals surface area contributed by atoms with Crippen molar-refractivity contribution in [2.24, 2.45) is 0 Å². The van der Waals surface area contributed by atoms with Crippen molar-refractivity contribution in [1.29, 1.82) is 0 Å². The minimum absolute atomic E-state index is 0.180. The minimum atomic E-state index is -1.09. The number of hydrogen-bond acceptors (Lipinski definition) is 4. The van der Waals surface area contributed by atoms with Crippen LogP contribution in [0.3, 0.4) is 0 Å². The van der Waals surface area contributed by atoms with E-state index >= 15 is 0 Å². The van der Waals surface area contributed by atoms with Crippen LogP contribution in [-0.4, -0.2) is 21.8 Å². The van der Waals surface area contributed by atoms with Gasteiger partial charge in [-0.25, -0.2) is 8.78 Å². The summed E-state index contributed by atoms with van der Waals surface area (Å²) in [4.78, 5) is 30.7. The molecule has 1 unspecified atom stereocenters. The molecule has 1 N–H and O–H groups in total.